The molecule has 1 rings (SSSR count). The second kappa shape index (κ2) is 4.63. The van der Waals surface area contributed by atoms with Gasteiger partial charge in [0.25, 0.3) is 0 Å². The molecule has 0 heterocycles. The molecule has 0 aliphatic carbocycles. The maximum atomic E-state index is 9.49. The fourth-order valence-corrected chi connectivity index (χ4v) is 1.64. The first kappa shape index (κ1) is 10.5. The first-order valence-corrected chi connectivity index (χ1v) is 5.03. The van der Waals surface area contributed by atoms with Crippen molar-refractivity contribution in [1.82, 2.24) is 0 Å². The van der Waals surface area contributed by atoms with Crippen LogP contribution < -0.4 is 0 Å². The number of aliphatic hydroxyl groups excluding tert-OH is 1. The maximum absolute atomic E-state index is 9.49. The number of hydrogen-bond acceptors (Lipinski definition) is 2. The highest BCUT2D eigenvalue weighted by atomic mass is 79.9. The number of aryl methyl sites for hydroxylation is 1. The van der Waals surface area contributed by atoms with Crippen LogP contribution in [0.5, 0.6) is 5.75 Å². The summed E-state index contributed by atoms with van der Waals surface area (Å²) in [7, 11) is 0. The summed E-state index contributed by atoms with van der Waals surface area (Å²) >= 11 is 3.37. The zero-order valence-corrected chi connectivity index (χ0v) is 9.13. The van der Waals surface area contributed by atoms with E-state index >= 15 is 0 Å². The zero-order valence-electron chi connectivity index (χ0n) is 7.55. The van der Waals surface area contributed by atoms with Crippen molar-refractivity contribution >= 4 is 15.9 Å². The number of benzene rings is 1. The average molecular weight is 245 g/mol. The van der Waals surface area contributed by atoms with Crippen molar-refractivity contribution in [2.45, 2.75) is 19.8 Å². The largest absolute Gasteiger partial charge is 0.508 e. The quantitative estimate of drug-likeness (QED) is 0.858. The Labute approximate surface area is 86.3 Å². The van der Waals surface area contributed by atoms with Gasteiger partial charge in [-0.1, -0.05) is 15.9 Å². The minimum atomic E-state index is 0.187. The average Bonchev–Trinajstić information content (AvgIpc) is 2.10. The molecule has 0 radical (unpaired) electrons. The number of hydrogen-bond donors (Lipinski definition) is 2. The number of rotatable bonds is 3. The lowest BCUT2D eigenvalue weighted by Gasteiger charge is -2.05. The molecule has 0 aliphatic rings. The second-order valence-electron chi connectivity index (χ2n) is 3.05. The van der Waals surface area contributed by atoms with Crippen molar-refractivity contribution in [3.8, 4) is 5.75 Å². The molecule has 2 nitrogen and oxygen atoms in total. The lowest BCUT2D eigenvalue weighted by molar-refractivity contribution is 0.288. The molecule has 0 aromatic heterocycles. The molecule has 13 heavy (non-hydrogen) atoms. The Bertz CT molecular complexity index is 274. The normalized spacial score (nSPS) is 10.4. The van der Waals surface area contributed by atoms with E-state index in [9.17, 15) is 5.11 Å². The molecular weight excluding hydrogens is 232 g/mol. The molecule has 0 fully saturated rings. The van der Waals surface area contributed by atoms with Crippen LogP contribution in [-0.2, 0) is 6.42 Å². The Morgan fingerprint density at radius 1 is 1.38 bits per heavy atom. The van der Waals surface area contributed by atoms with Crippen LogP contribution in [0, 0.1) is 6.92 Å². The van der Waals surface area contributed by atoms with Crippen molar-refractivity contribution in [2.24, 2.45) is 0 Å². The van der Waals surface area contributed by atoms with Gasteiger partial charge in [-0.25, -0.2) is 0 Å². The van der Waals surface area contributed by atoms with Gasteiger partial charge < -0.3 is 10.2 Å². The Balaban J connectivity index is 2.86. The fraction of sp³-hybridized carbons (Fsp3) is 0.400. The van der Waals surface area contributed by atoms with E-state index in [2.05, 4.69) is 15.9 Å². The van der Waals surface area contributed by atoms with Crippen molar-refractivity contribution in [3.05, 3.63) is 27.7 Å². The van der Waals surface area contributed by atoms with Crippen LogP contribution in [0.25, 0.3) is 0 Å². The van der Waals surface area contributed by atoms with Crippen LogP contribution in [0.3, 0.4) is 0 Å². The van der Waals surface area contributed by atoms with Crippen LogP contribution >= 0.6 is 15.9 Å². The molecule has 2 N–H and O–H groups in total. The lowest BCUT2D eigenvalue weighted by atomic mass is 10.1. The van der Waals surface area contributed by atoms with Crippen molar-refractivity contribution < 1.29 is 10.2 Å². The van der Waals surface area contributed by atoms with Crippen molar-refractivity contribution in [3.63, 3.8) is 0 Å². The van der Waals surface area contributed by atoms with Crippen molar-refractivity contribution in [1.29, 1.82) is 0 Å². The van der Waals surface area contributed by atoms with Crippen LogP contribution in [0.4, 0.5) is 0 Å². The molecule has 0 atom stereocenters. The maximum Gasteiger partial charge on any atom is 0.119 e. The van der Waals surface area contributed by atoms with Gasteiger partial charge in [-0.2, -0.15) is 0 Å². The van der Waals surface area contributed by atoms with Crippen LogP contribution in [-0.4, -0.2) is 16.8 Å². The van der Waals surface area contributed by atoms with E-state index in [1.54, 1.807) is 6.07 Å². The predicted molar refractivity (Wildman–Crippen MR) is 56.0 cm³/mol. The summed E-state index contributed by atoms with van der Waals surface area (Å²) in [5, 5.41) is 18.1. The third-order valence-electron chi connectivity index (χ3n) is 2.00. The molecular formula is C10H13BrO2. The van der Waals surface area contributed by atoms with Gasteiger partial charge in [0, 0.05) is 16.6 Å². The highest BCUT2D eigenvalue weighted by Gasteiger charge is 2.03. The van der Waals surface area contributed by atoms with E-state index < -0.39 is 0 Å². The number of halogens is 1. The lowest BCUT2D eigenvalue weighted by Crippen LogP contribution is -1.90. The first-order chi connectivity index (χ1) is 6.15. The van der Waals surface area contributed by atoms with E-state index in [0.29, 0.717) is 5.75 Å². The summed E-state index contributed by atoms with van der Waals surface area (Å²) in [6.07, 6.45) is 1.53. The molecule has 0 saturated heterocycles. The third kappa shape index (κ3) is 2.71. The second-order valence-corrected chi connectivity index (χ2v) is 3.90. The first-order valence-electron chi connectivity index (χ1n) is 4.24. The fourth-order valence-electron chi connectivity index (χ4n) is 1.15. The molecule has 3 heteroatoms. The highest BCUT2D eigenvalue weighted by Crippen LogP contribution is 2.27. The van der Waals surface area contributed by atoms with Gasteiger partial charge in [0.15, 0.2) is 0 Å². The van der Waals surface area contributed by atoms with Gasteiger partial charge in [-0.3, -0.25) is 0 Å². The summed E-state index contributed by atoms with van der Waals surface area (Å²) < 4.78 is 0.917. The Kier molecular flexibility index (Phi) is 3.75. The molecule has 0 bridgehead atoms. The number of aromatic hydroxyl groups is 1. The molecule has 1 aromatic carbocycles. The Morgan fingerprint density at radius 2 is 2.08 bits per heavy atom. The van der Waals surface area contributed by atoms with Gasteiger partial charge in [-0.15, -0.1) is 0 Å². The van der Waals surface area contributed by atoms with Crippen LogP contribution in [0.15, 0.2) is 16.6 Å². The summed E-state index contributed by atoms with van der Waals surface area (Å²) in [5.41, 5.74) is 1.90. The molecule has 1 aromatic rings. The minimum Gasteiger partial charge on any atom is -0.508 e. The molecule has 0 unspecified atom stereocenters. The van der Waals surface area contributed by atoms with Gasteiger partial charge in [0.2, 0.25) is 0 Å². The Morgan fingerprint density at radius 3 is 2.62 bits per heavy atom. The van der Waals surface area contributed by atoms with E-state index in [1.807, 2.05) is 13.0 Å². The minimum absolute atomic E-state index is 0.187. The standard InChI is InChI=1S/C10H13BrO2/c1-7-9(11)5-8(3-2-4-12)6-10(7)13/h5-6,12-13H,2-4H2,1H3. The summed E-state index contributed by atoms with van der Waals surface area (Å²) in [6, 6.07) is 3.72. The molecule has 0 spiro atoms. The van der Waals surface area contributed by atoms with E-state index in [0.717, 1.165) is 28.4 Å². The van der Waals surface area contributed by atoms with Crippen LogP contribution in [0.1, 0.15) is 17.5 Å². The molecule has 0 aliphatic heterocycles. The predicted octanol–water partition coefficient (Wildman–Crippen LogP) is 2.39. The molecule has 0 amide bonds. The number of phenolic OH excluding ortho intramolecular Hbond substituents is 1. The molecule has 72 valence electrons. The van der Waals surface area contributed by atoms with Gasteiger partial charge in [0.05, 0.1) is 0 Å². The third-order valence-corrected chi connectivity index (χ3v) is 2.82. The molecule has 0 saturated carbocycles. The monoisotopic (exact) mass is 244 g/mol. The summed E-state index contributed by atoms with van der Waals surface area (Å²) in [4.78, 5) is 0. The van der Waals surface area contributed by atoms with Gasteiger partial charge >= 0.3 is 0 Å². The van der Waals surface area contributed by atoms with Crippen molar-refractivity contribution in [2.75, 3.05) is 6.61 Å². The van der Waals surface area contributed by atoms with E-state index in [-0.39, 0.29) is 6.61 Å². The Hall–Kier alpha value is -0.540. The zero-order chi connectivity index (χ0) is 9.84. The highest BCUT2D eigenvalue weighted by molar-refractivity contribution is 9.10. The number of phenols is 1. The van der Waals surface area contributed by atoms with Gasteiger partial charge in [-0.05, 0) is 37.5 Å². The number of aliphatic hydroxyl groups is 1. The summed E-state index contributed by atoms with van der Waals surface area (Å²) in [5.74, 6) is 0.308. The van der Waals surface area contributed by atoms with E-state index in [1.165, 1.54) is 0 Å². The summed E-state index contributed by atoms with van der Waals surface area (Å²) in [6.45, 7) is 2.04. The topological polar surface area (TPSA) is 40.5 Å². The van der Waals surface area contributed by atoms with Gasteiger partial charge in [0.1, 0.15) is 5.75 Å². The SMILES string of the molecule is Cc1c(O)cc(CCCO)cc1Br. The van der Waals surface area contributed by atoms with Crippen LogP contribution in [0.2, 0.25) is 0 Å². The van der Waals surface area contributed by atoms with E-state index in [4.69, 9.17) is 5.11 Å². The smallest absolute Gasteiger partial charge is 0.119 e.